The maximum atomic E-state index is 12.2. The van der Waals surface area contributed by atoms with Crippen molar-refractivity contribution in [1.29, 1.82) is 0 Å². The van der Waals surface area contributed by atoms with Crippen LogP contribution in [0.4, 0.5) is 5.82 Å². The topological polar surface area (TPSA) is 61.4 Å². The van der Waals surface area contributed by atoms with Gasteiger partial charge in [-0.15, -0.1) is 0 Å². The zero-order valence-corrected chi connectivity index (χ0v) is 13.8. The van der Waals surface area contributed by atoms with Crippen molar-refractivity contribution in [1.82, 2.24) is 20.2 Å². The molecule has 0 unspecified atom stereocenters. The maximum absolute atomic E-state index is 12.2. The molecule has 0 aliphatic rings. The van der Waals surface area contributed by atoms with Gasteiger partial charge in [0.2, 0.25) is 0 Å². The first-order valence-corrected chi connectivity index (χ1v) is 7.51. The molecule has 1 amide bonds. The van der Waals surface area contributed by atoms with Crippen molar-refractivity contribution in [3.05, 3.63) is 17.6 Å². The fourth-order valence-corrected chi connectivity index (χ4v) is 2.07. The minimum atomic E-state index is -0.132. The van der Waals surface area contributed by atoms with Crippen LogP contribution in [0.3, 0.4) is 0 Å². The van der Waals surface area contributed by atoms with Gasteiger partial charge in [-0.1, -0.05) is 0 Å². The van der Waals surface area contributed by atoms with Gasteiger partial charge in [-0.3, -0.25) is 4.79 Å². The first-order valence-electron chi connectivity index (χ1n) is 7.51. The summed E-state index contributed by atoms with van der Waals surface area (Å²) < 4.78 is 0. The summed E-state index contributed by atoms with van der Waals surface area (Å²) >= 11 is 0. The van der Waals surface area contributed by atoms with E-state index in [0.717, 1.165) is 31.9 Å². The molecular weight excluding hydrogens is 266 g/mol. The Labute approximate surface area is 127 Å². The molecule has 0 saturated carbocycles. The van der Waals surface area contributed by atoms with Crippen LogP contribution in [0.2, 0.25) is 0 Å². The van der Waals surface area contributed by atoms with Crippen LogP contribution in [-0.2, 0) is 0 Å². The molecule has 6 heteroatoms. The summed E-state index contributed by atoms with van der Waals surface area (Å²) in [4.78, 5) is 25.0. The van der Waals surface area contributed by atoms with E-state index in [1.165, 1.54) is 0 Å². The number of amides is 1. The zero-order valence-electron chi connectivity index (χ0n) is 13.8. The number of anilines is 1. The highest BCUT2D eigenvalue weighted by Gasteiger charge is 2.12. The minimum Gasteiger partial charge on any atom is -0.357 e. The number of hydrogen-bond donors (Lipinski definition) is 1. The molecule has 6 nitrogen and oxygen atoms in total. The molecule has 1 N–H and O–H groups in total. The van der Waals surface area contributed by atoms with Crippen molar-refractivity contribution < 1.29 is 4.79 Å². The van der Waals surface area contributed by atoms with Crippen molar-refractivity contribution in [3.63, 3.8) is 0 Å². The lowest BCUT2D eigenvalue weighted by Crippen LogP contribution is -2.29. The molecule has 1 aromatic heterocycles. The highest BCUT2D eigenvalue weighted by Crippen LogP contribution is 2.12. The zero-order chi connectivity index (χ0) is 15.8. The molecule has 0 spiro atoms. The van der Waals surface area contributed by atoms with Gasteiger partial charge in [0.25, 0.3) is 5.91 Å². The van der Waals surface area contributed by atoms with Crippen LogP contribution >= 0.6 is 0 Å². The largest absolute Gasteiger partial charge is 0.357 e. The van der Waals surface area contributed by atoms with Gasteiger partial charge >= 0.3 is 0 Å². The molecule has 0 radical (unpaired) electrons. The highest BCUT2D eigenvalue weighted by molar-refractivity contribution is 5.92. The van der Waals surface area contributed by atoms with Gasteiger partial charge in [-0.25, -0.2) is 9.97 Å². The molecule has 0 saturated heterocycles. The van der Waals surface area contributed by atoms with Crippen molar-refractivity contribution in [2.45, 2.75) is 27.2 Å². The molecule has 1 rings (SSSR count). The average Bonchev–Trinajstić information content (AvgIpc) is 2.44. The monoisotopic (exact) mass is 293 g/mol. The number of aromatic nitrogens is 2. The van der Waals surface area contributed by atoms with Crippen LogP contribution in [0.1, 0.15) is 36.6 Å². The highest BCUT2D eigenvalue weighted by atomic mass is 16.1. The summed E-state index contributed by atoms with van der Waals surface area (Å²) in [5.74, 6) is 1.30. The third-order valence-corrected chi connectivity index (χ3v) is 3.21. The second-order valence-electron chi connectivity index (χ2n) is 5.24. The van der Waals surface area contributed by atoms with E-state index in [4.69, 9.17) is 0 Å². The van der Waals surface area contributed by atoms with Crippen molar-refractivity contribution in [2.24, 2.45) is 0 Å². The standard InChI is InChI=1S/C15H27N5O/c1-6-20(7-2)14-11-13(17-12(3)18-14)15(21)16-9-8-10-19(4)5/h11H,6-10H2,1-5H3,(H,16,21). The molecule has 0 fully saturated rings. The molecule has 0 bridgehead atoms. The first-order chi connectivity index (χ1) is 9.97. The number of nitrogens with zero attached hydrogens (tertiary/aromatic N) is 4. The lowest BCUT2D eigenvalue weighted by atomic mass is 10.3. The number of nitrogens with one attached hydrogen (secondary N) is 1. The van der Waals surface area contributed by atoms with Crippen LogP contribution in [0.25, 0.3) is 0 Å². The van der Waals surface area contributed by atoms with Gasteiger partial charge in [-0.05, 0) is 47.8 Å². The fraction of sp³-hybridized carbons (Fsp3) is 0.667. The van der Waals surface area contributed by atoms with Gasteiger partial charge in [0.05, 0.1) is 0 Å². The predicted molar refractivity (Wildman–Crippen MR) is 85.8 cm³/mol. The number of carbonyl (C=O) groups is 1. The van der Waals surface area contributed by atoms with Gasteiger partial charge in [0.1, 0.15) is 17.3 Å². The number of aryl methyl sites for hydroxylation is 1. The van der Waals surface area contributed by atoms with Gasteiger partial charge in [0, 0.05) is 25.7 Å². The van der Waals surface area contributed by atoms with E-state index < -0.39 is 0 Å². The lowest BCUT2D eigenvalue weighted by Gasteiger charge is -2.20. The normalized spacial score (nSPS) is 10.8. The van der Waals surface area contributed by atoms with Crippen molar-refractivity contribution in [3.8, 4) is 0 Å². The Balaban J connectivity index is 2.71. The van der Waals surface area contributed by atoms with Crippen LogP contribution in [0.15, 0.2) is 6.07 Å². The third-order valence-electron chi connectivity index (χ3n) is 3.21. The molecule has 1 heterocycles. The molecule has 0 aromatic carbocycles. The molecular formula is C15H27N5O. The summed E-state index contributed by atoms with van der Waals surface area (Å²) in [6, 6.07) is 1.77. The molecule has 0 aliphatic heterocycles. The van der Waals surface area contributed by atoms with E-state index in [1.807, 2.05) is 21.0 Å². The Morgan fingerprint density at radius 2 is 1.90 bits per heavy atom. The van der Waals surface area contributed by atoms with E-state index in [2.05, 4.69) is 38.9 Å². The second-order valence-corrected chi connectivity index (χ2v) is 5.24. The number of hydrogen-bond acceptors (Lipinski definition) is 5. The molecule has 1 aromatic rings. The average molecular weight is 293 g/mol. The van der Waals surface area contributed by atoms with Crippen LogP contribution in [0, 0.1) is 6.92 Å². The van der Waals surface area contributed by atoms with E-state index in [9.17, 15) is 4.79 Å². The maximum Gasteiger partial charge on any atom is 0.270 e. The Morgan fingerprint density at radius 1 is 1.24 bits per heavy atom. The van der Waals surface area contributed by atoms with Crippen LogP contribution in [0.5, 0.6) is 0 Å². The summed E-state index contributed by atoms with van der Waals surface area (Å²) in [5, 5.41) is 2.91. The SMILES string of the molecule is CCN(CC)c1cc(C(=O)NCCCN(C)C)nc(C)n1. The van der Waals surface area contributed by atoms with Gasteiger partial charge < -0.3 is 15.1 Å². The van der Waals surface area contributed by atoms with E-state index >= 15 is 0 Å². The van der Waals surface area contributed by atoms with Crippen LogP contribution < -0.4 is 10.2 Å². The summed E-state index contributed by atoms with van der Waals surface area (Å²) in [6.45, 7) is 9.28. The summed E-state index contributed by atoms with van der Waals surface area (Å²) in [6.07, 6.45) is 0.922. The Kier molecular flexibility index (Phi) is 7.08. The minimum absolute atomic E-state index is 0.132. The third kappa shape index (κ3) is 5.67. The molecule has 118 valence electrons. The van der Waals surface area contributed by atoms with E-state index in [-0.39, 0.29) is 5.91 Å². The molecule has 21 heavy (non-hydrogen) atoms. The molecule has 0 aliphatic carbocycles. The second kappa shape index (κ2) is 8.56. The Bertz CT molecular complexity index is 457. The molecule has 0 atom stereocenters. The van der Waals surface area contributed by atoms with E-state index in [1.54, 1.807) is 6.07 Å². The lowest BCUT2D eigenvalue weighted by molar-refractivity contribution is 0.0947. The van der Waals surface area contributed by atoms with Crippen molar-refractivity contribution in [2.75, 3.05) is 45.2 Å². The number of rotatable bonds is 8. The Hall–Kier alpha value is -1.69. The summed E-state index contributed by atoms with van der Waals surface area (Å²) in [7, 11) is 4.04. The van der Waals surface area contributed by atoms with Gasteiger partial charge in [-0.2, -0.15) is 0 Å². The first kappa shape index (κ1) is 17.4. The smallest absolute Gasteiger partial charge is 0.270 e. The van der Waals surface area contributed by atoms with Gasteiger partial charge in [0.15, 0.2) is 0 Å². The van der Waals surface area contributed by atoms with Crippen LogP contribution in [-0.4, -0.2) is 61.0 Å². The Morgan fingerprint density at radius 3 is 2.48 bits per heavy atom. The predicted octanol–water partition coefficient (Wildman–Crippen LogP) is 1.31. The fourth-order valence-electron chi connectivity index (χ4n) is 2.07. The quantitative estimate of drug-likeness (QED) is 0.732. The van der Waals surface area contributed by atoms with E-state index in [0.29, 0.717) is 18.1 Å². The van der Waals surface area contributed by atoms with Crippen molar-refractivity contribution >= 4 is 11.7 Å². The number of carbonyl (C=O) groups excluding carboxylic acids is 1. The summed E-state index contributed by atoms with van der Waals surface area (Å²) in [5.41, 5.74) is 0.439.